The Balaban J connectivity index is 1.19. The average molecular weight is 793 g/mol. The standard InChI is InChI=1S/C43H51F3N4O5S/c1-55-37-18-9-8-17-36(37)49-24-11-10-16-34(41(49)53)47-39(51)31(26-29-12-4-2-5-13-29)19-20-32(27-30-14-6-3-7-15-30)40(52)48-35-23-25-56-38-22-21-33(43(44,45)46)28-50(38)42(35)54/h2-9,12-15,17-18,31-35,38H,10-11,16,19-28H2,1H3,(H,47,51)(H,48,52)/t31?,32?,33?,34?,35?,38-/m0/s1. The van der Waals surface area contributed by atoms with Crippen molar-refractivity contribution in [3.05, 3.63) is 96.1 Å². The highest BCUT2D eigenvalue weighted by molar-refractivity contribution is 7.99. The zero-order valence-electron chi connectivity index (χ0n) is 31.7. The molecule has 6 atom stereocenters. The van der Waals surface area contributed by atoms with Crippen molar-refractivity contribution >= 4 is 41.1 Å². The fourth-order valence-electron chi connectivity index (χ4n) is 8.09. The van der Waals surface area contributed by atoms with E-state index in [2.05, 4.69) is 10.6 Å². The van der Waals surface area contributed by atoms with E-state index in [9.17, 15) is 32.3 Å². The number of fused-ring (bicyclic) bond motifs is 1. The van der Waals surface area contributed by atoms with Gasteiger partial charge < -0.3 is 25.2 Å². The number of carbonyl (C=O) groups is 4. The number of nitrogens with zero attached hydrogens (tertiary/aromatic N) is 2. The van der Waals surface area contributed by atoms with Crippen LogP contribution >= 0.6 is 11.8 Å². The molecule has 3 heterocycles. The van der Waals surface area contributed by atoms with E-state index in [1.807, 2.05) is 78.9 Å². The lowest BCUT2D eigenvalue weighted by atomic mass is 9.86. The van der Waals surface area contributed by atoms with Crippen LogP contribution in [0.4, 0.5) is 18.9 Å². The number of alkyl halides is 3. The number of piperidine rings is 1. The average Bonchev–Trinajstić information content (AvgIpc) is 3.48. The van der Waals surface area contributed by atoms with Gasteiger partial charge in [0.1, 0.15) is 17.8 Å². The van der Waals surface area contributed by atoms with Crippen LogP contribution in [0.2, 0.25) is 0 Å². The number of anilines is 1. The molecule has 300 valence electrons. The summed E-state index contributed by atoms with van der Waals surface area (Å²) in [5.41, 5.74) is 2.50. The van der Waals surface area contributed by atoms with Gasteiger partial charge >= 0.3 is 6.18 Å². The van der Waals surface area contributed by atoms with E-state index >= 15 is 0 Å². The van der Waals surface area contributed by atoms with Crippen LogP contribution in [-0.4, -0.2) is 78.1 Å². The van der Waals surface area contributed by atoms with E-state index in [-0.39, 0.29) is 35.9 Å². The fourth-order valence-corrected chi connectivity index (χ4v) is 9.41. The first-order chi connectivity index (χ1) is 27.0. The summed E-state index contributed by atoms with van der Waals surface area (Å²) >= 11 is 1.47. The Morgan fingerprint density at radius 1 is 0.768 bits per heavy atom. The van der Waals surface area contributed by atoms with Crippen molar-refractivity contribution in [2.24, 2.45) is 17.8 Å². The molecule has 3 aromatic rings. The van der Waals surface area contributed by atoms with Gasteiger partial charge in [0.15, 0.2) is 0 Å². The number of hydrogen-bond acceptors (Lipinski definition) is 6. The molecule has 4 amide bonds. The second kappa shape index (κ2) is 19.1. The number of ether oxygens (including phenoxy) is 1. The van der Waals surface area contributed by atoms with Crippen LogP contribution in [0.3, 0.4) is 0 Å². The van der Waals surface area contributed by atoms with Gasteiger partial charge in [-0.3, -0.25) is 19.2 Å². The molecule has 0 aliphatic carbocycles. The van der Waals surface area contributed by atoms with Gasteiger partial charge in [0, 0.05) is 24.9 Å². The molecular formula is C43H51F3N4O5S. The third kappa shape index (κ3) is 10.5. The van der Waals surface area contributed by atoms with Crippen molar-refractivity contribution in [1.82, 2.24) is 15.5 Å². The van der Waals surface area contributed by atoms with Gasteiger partial charge in [0.2, 0.25) is 23.6 Å². The Morgan fingerprint density at radius 3 is 1.93 bits per heavy atom. The minimum absolute atomic E-state index is 0.0201. The van der Waals surface area contributed by atoms with Crippen LogP contribution in [0.1, 0.15) is 62.5 Å². The Hall–Kier alpha value is -4.52. The maximum Gasteiger partial charge on any atom is 0.393 e. The fraction of sp³-hybridized carbons (Fsp3) is 0.488. The first-order valence-electron chi connectivity index (χ1n) is 19.6. The molecule has 0 radical (unpaired) electrons. The number of rotatable bonds is 13. The smallest absolute Gasteiger partial charge is 0.393 e. The van der Waals surface area contributed by atoms with Crippen molar-refractivity contribution in [1.29, 1.82) is 0 Å². The molecule has 0 bridgehead atoms. The summed E-state index contributed by atoms with van der Waals surface area (Å²) in [7, 11) is 1.56. The molecule has 9 nitrogen and oxygen atoms in total. The van der Waals surface area contributed by atoms with Crippen LogP contribution < -0.4 is 20.3 Å². The van der Waals surface area contributed by atoms with E-state index in [0.717, 1.165) is 24.0 Å². The van der Waals surface area contributed by atoms with Gasteiger partial charge in [0.25, 0.3) is 0 Å². The van der Waals surface area contributed by atoms with Crippen molar-refractivity contribution in [3.8, 4) is 5.75 Å². The van der Waals surface area contributed by atoms with E-state index < -0.39 is 48.5 Å². The first kappa shape index (κ1) is 41.1. The maximum absolute atomic E-state index is 14.3. The van der Waals surface area contributed by atoms with Crippen LogP contribution in [-0.2, 0) is 32.0 Å². The molecule has 3 fully saturated rings. The van der Waals surface area contributed by atoms with Crippen LogP contribution in [0.5, 0.6) is 5.75 Å². The molecule has 3 aliphatic rings. The van der Waals surface area contributed by atoms with E-state index in [0.29, 0.717) is 62.3 Å². The second-order valence-corrected chi connectivity index (χ2v) is 16.3. The summed E-state index contributed by atoms with van der Waals surface area (Å²) in [6.45, 7) is 0.0923. The molecule has 3 aromatic carbocycles. The Labute approximate surface area is 331 Å². The van der Waals surface area contributed by atoms with Gasteiger partial charge in [0.05, 0.1) is 24.1 Å². The normalized spacial score (nSPS) is 22.9. The number of benzene rings is 3. The molecule has 56 heavy (non-hydrogen) atoms. The van der Waals surface area contributed by atoms with Crippen LogP contribution in [0.25, 0.3) is 0 Å². The predicted octanol–water partition coefficient (Wildman–Crippen LogP) is 6.94. The number of halogens is 3. The molecular weight excluding hydrogens is 742 g/mol. The molecule has 2 N–H and O–H groups in total. The highest BCUT2D eigenvalue weighted by atomic mass is 32.2. The Bertz CT molecular complexity index is 1800. The zero-order valence-corrected chi connectivity index (χ0v) is 32.5. The molecule has 0 spiro atoms. The molecule has 0 saturated carbocycles. The molecule has 3 saturated heterocycles. The van der Waals surface area contributed by atoms with E-state index in [1.165, 1.54) is 16.7 Å². The maximum atomic E-state index is 14.3. The number of thioether (sulfide) groups is 1. The summed E-state index contributed by atoms with van der Waals surface area (Å²) in [6, 6.07) is 24.7. The molecule has 13 heteroatoms. The first-order valence-corrected chi connectivity index (χ1v) is 20.7. The van der Waals surface area contributed by atoms with Gasteiger partial charge in [-0.1, -0.05) is 72.8 Å². The SMILES string of the molecule is COc1ccccc1N1CCCCC(NC(=O)C(CCC(Cc2ccccc2)C(=O)NC2CCS[C@H]3CCC(C(F)(F)F)CN3C2=O)Cc2ccccc2)C1=O. The predicted molar refractivity (Wildman–Crippen MR) is 211 cm³/mol. The van der Waals surface area contributed by atoms with Gasteiger partial charge in [-0.15, -0.1) is 11.8 Å². The molecule has 5 unspecified atom stereocenters. The van der Waals surface area contributed by atoms with Crippen molar-refractivity contribution in [3.63, 3.8) is 0 Å². The molecule has 0 aromatic heterocycles. The summed E-state index contributed by atoms with van der Waals surface area (Å²) in [5, 5.41) is 5.68. The van der Waals surface area contributed by atoms with Gasteiger partial charge in [-0.25, -0.2) is 0 Å². The number of para-hydroxylation sites is 2. The van der Waals surface area contributed by atoms with Gasteiger partial charge in [-0.2, -0.15) is 13.2 Å². The molecule has 6 rings (SSSR count). The van der Waals surface area contributed by atoms with Crippen LogP contribution in [0.15, 0.2) is 84.9 Å². The van der Waals surface area contributed by atoms with Crippen molar-refractivity contribution in [2.75, 3.05) is 30.9 Å². The minimum Gasteiger partial charge on any atom is -0.495 e. The third-order valence-corrected chi connectivity index (χ3v) is 12.6. The summed E-state index contributed by atoms with van der Waals surface area (Å²) < 4.78 is 46.7. The van der Waals surface area contributed by atoms with Crippen molar-refractivity contribution < 1.29 is 37.1 Å². The topological polar surface area (TPSA) is 108 Å². The number of nitrogens with one attached hydrogen (secondary N) is 2. The number of carbonyl (C=O) groups excluding carboxylic acids is 4. The summed E-state index contributed by atoms with van der Waals surface area (Å²) in [5.74, 6) is -3.02. The number of methoxy groups -OCH3 is 1. The van der Waals surface area contributed by atoms with E-state index in [4.69, 9.17) is 4.74 Å². The Morgan fingerprint density at radius 2 is 1.34 bits per heavy atom. The highest BCUT2D eigenvalue weighted by Crippen LogP contribution is 2.40. The second-order valence-electron chi connectivity index (χ2n) is 15.1. The Kier molecular flexibility index (Phi) is 14.0. The third-order valence-electron chi connectivity index (χ3n) is 11.2. The quantitative estimate of drug-likeness (QED) is 0.194. The van der Waals surface area contributed by atoms with E-state index in [1.54, 1.807) is 18.1 Å². The molecule has 3 aliphatic heterocycles. The summed E-state index contributed by atoms with van der Waals surface area (Å²) in [4.78, 5) is 59.2. The monoisotopic (exact) mass is 792 g/mol. The lowest BCUT2D eigenvalue weighted by molar-refractivity contribution is -0.189. The van der Waals surface area contributed by atoms with Gasteiger partial charge in [-0.05, 0) is 93.2 Å². The highest BCUT2D eigenvalue weighted by Gasteiger charge is 2.47. The lowest BCUT2D eigenvalue weighted by Crippen LogP contribution is -2.55. The number of hydrogen-bond donors (Lipinski definition) is 2. The minimum atomic E-state index is -4.40. The summed E-state index contributed by atoms with van der Waals surface area (Å²) in [6.07, 6.45) is -0.488. The van der Waals surface area contributed by atoms with Crippen molar-refractivity contribution in [2.45, 2.75) is 87.8 Å². The largest absolute Gasteiger partial charge is 0.495 e. The lowest BCUT2D eigenvalue weighted by Gasteiger charge is -2.39. The zero-order chi connectivity index (χ0) is 39.7. The van der Waals surface area contributed by atoms with Crippen LogP contribution in [0, 0.1) is 17.8 Å². The number of amides is 4.